The highest BCUT2D eigenvalue weighted by Gasteiger charge is 2.26. The number of urea groups is 1. The number of hydrogen-bond donors (Lipinski definition) is 2. The second-order valence-corrected chi connectivity index (χ2v) is 9.16. The largest absolute Gasteiger partial charge is 0.348 e. The van der Waals surface area contributed by atoms with Crippen molar-refractivity contribution in [3.63, 3.8) is 0 Å². The molecule has 0 bridgehead atoms. The van der Waals surface area contributed by atoms with Crippen molar-refractivity contribution in [1.29, 1.82) is 0 Å². The van der Waals surface area contributed by atoms with E-state index >= 15 is 0 Å². The molecule has 0 spiro atoms. The molecule has 5 nitrogen and oxygen atoms in total. The number of nitrogens with one attached hydrogen (secondary N) is 2. The molecule has 31 heavy (non-hydrogen) atoms. The lowest BCUT2D eigenvalue weighted by Gasteiger charge is -2.32. The van der Waals surface area contributed by atoms with Crippen molar-refractivity contribution < 1.29 is 9.59 Å². The number of hydrogen-bond acceptors (Lipinski definition) is 3. The van der Waals surface area contributed by atoms with Crippen LogP contribution in [-0.2, 0) is 6.54 Å². The van der Waals surface area contributed by atoms with Crippen molar-refractivity contribution in [3.05, 3.63) is 89.5 Å². The van der Waals surface area contributed by atoms with E-state index in [4.69, 9.17) is 0 Å². The van der Waals surface area contributed by atoms with Crippen LogP contribution in [0, 0.1) is 6.92 Å². The summed E-state index contributed by atoms with van der Waals surface area (Å²) in [5.41, 5.74) is 4.38. The lowest BCUT2D eigenvalue weighted by Crippen LogP contribution is -2.41. The summed E-state index contributed by atoms with van der Waals surface area (Å²) in [6.45, 7) is 5.27. The SMILES string of the molecule is Cc1ccc(CNC(=O)c2ccc(NC(=O)N3C[C@H](C)Sc4ccccc43)cc2)cc1. The third-order valence-corrected chi connectivity index (χ3v) is 6.29. The van der Waals surface area contributed by atoms with Gasteiger partial charge in [0.05, 0.1) is 5.69 Å². The van der Waals surface area contributed by atoms with Gasteiger partial charge in [-0.15, -0.1) is 11.8 Å². The topological polar surface area (TPSA) is 61.4 Å². The predicted octanol–water partition coefficient (Wildman–Crippen LogP) is 5.46. The molecule has 4 rings (SSSR count). The smallest absolute Gasteiger partial charge is 0.326 e. The van der Waals surface area contributed by atoms with Gasteiger partial charge >= 0.3 is 6.03 Å². The molecule has 3 amide bonds. The normalized spacial score (nSPS) is 15.2. The molecule has 3 aromatic carbocycles. The number of amides is 3. The number of carbonyl (C=O) groups is 2. The Morgan fingerprint density at radius 1 is 1.00 bits per heavy atom. The van der Waals surface area contributed by atoms with Crippen LogP contribution in [0.1, 0.15) is 28.4 Å². The monoisotopic (exact) mass is 431 g/mol. The quantitative estimate of drug-likeness (QED) is 0.577. The van der Waals surface area contributed by atoms with Gasteiger partial charge in [0.25, 0.3) is 5.91 Å². The highest BCUT2D eigenvalue weighted by Crippen LogP contribution is 2.38. The molecule has 0 saturated heterocycles. The Balaban J connectivity index is 1.38. The molecule has 3 aromatic rings. The van der Waals surface area contributed by atoms with E-state index in [0.29, 0.717) is 29.6 Å². The third kappa shape index (κ3) is 5.09. The molecule has 2 N–H and O–H groups in total. The van der Waals surface area contributed by atoms with Gasteiger partial charge in [0, 0.05) is 34.5 Å². The Kier molecular flexibility index (Phi) is 6.28. The molecule has 1 aliphatic rings. The van der Waals surface area contributed by atoms with E-state index in [1.54, 1.807) is 40.9 Å². The molecule has 0 radical (unpaired) electrons. The molecule has 0 saturated carbocycles. The van der Waals surface area contributed by atoms with E-state index in [0.717, 1.165) is 16.1 Å². The molecule has 0 aromatic heterocycles. The Hall–Kier alpha value is -3.25. The Morgan fingerprint density at radius 2 is 1.71 bits per heavy atom. The number of para-hydroxylation sites is 1. The summed E-state index contributed by atoms with van der Waals surface area (Å²) in [6, 6.07) is 22.8. The fourth-order valence-electron chi connectivity index (χ4n) is 3.47. The maximum atomic E-state index is 12.9. The van der Waals surface area contributed by atoms with Gasteiger partial charge in [0.15, 0.2) is 0 Å². The van der Waals surface area contributed by atoms with Gasteiger partial charge in [-0.05, 0) is 48.9 Å². The molecule has 1 heterocycles. The predicted molar refractivity (Wildman–Crippen MR) is 127 cm³/mol. The molecular weight excluding hydrogens is 406 g/mol. The number of benzene rings is 3. The second-order valence-electron chi connectivity index (χ2n) is 7.68. The molecule has 158 valence electrons. The maximum absolute atomic E-state index is 12.9. The number of rotatable bonds is 4. The van der Waals surface area contributed by atoms with Crippen molar-refractivity contribution in [3.8, 4) is 0 Å². The molecule has 0 fully saturated rings. The van der Waals surface area contributed by atoms with Gasteiger partial charge in [-0.25, -0.2) is 4.79 Å². The van der Waals surface area contributed by atoms with E-state index in [-0.39, 0.29) is 11.9 Å². The summed E-state index contributed by atoms with van der Waals surface area (Å²) < 4.78 is 0. The van der Waals surface area contributed by atoms with Crippen molar-refractivity contribution in [2.75, 3.05) is 16.8 Å². The van der Waals surface area contributed by atoms with Crippen LogP contribution in [0.25, 0.3) is 0 Å². The first-order valence-electron chi connectivity index (χ1n) is 10.3. The van der Waals surface area contributed by atoms with Crippen molar-refractivity contribution in [2.24, 2.45) is 0 Å². The number of nitrogens with zero attached hydrogens (tertiary/aromatic N) is 1. The first-order valence-corrected chi connectivity index (χ1v) is 11.2. The minimum Gasteiger partial charge on any atom is -0.348 e. The fraction of sp³-hybridized carbons (Fsp3) is 0.200. The molecule has 0 unspecified atom stereocenters. The number of anilines is 2. The maximum Gasteiger partial charge on any atom is 0.326 e. The van der Waals surface area contributed by atoms with E-state index in [1.165, 1.54) is 5.56 Å². The van der Waals surface area contributed by atoms with Crippen molar-refractivity contribution in [1.82, 2.24) is 5.32 Å². The average Bonchev–Trinajstić information content (AvgIpc) is 2.78. The van der Waals surface area contributed by atoms with Gasteiger partial charge in [0.2, 0.25) is 0 Å². The summed E-state index contributed by atoms with van der Waals surface area (Å²) in [5, 5.41) is 6.19. The zero-order valence-electron chi connectivity index (χ0n) is 17.6. The minimum absolute atomic E-state index is 0.144. The first-order chi connectivity index (χ1) is 15.0. The number of aryl methyl sites for hydroxylation is 1. The molecule has 6 heteroatoms. The van der Waals surface area contributed by atoms with Crippen molar-refractivity contribution >= 4 is 35.1 Å². The van der Waals surface area contributed by atoms with Crippen LogP contribution in [0.15, 0.2) is 77.7 Å². The summed E-state index contributed by atoms with van der Waals surface area (Å²) in [7, 11) is 0. The van der Waals surface area contributed by atoms with Crippen LogP contribution in [0.4, 0.5) is 16.2 Å². The zero-order chi connectivity index (χ0) is 21.8. The third-order valence-electron chi connectivity index (χ3n) is 5.14. The summed E-state index contributed by atoms with van der Waals surface area (Å²) in [6.07, 6.45) is 0. The number of carbonyl (C=O) groups excluding carboxylic acids is 2. The Labute approximate surface area is 186 Å². The van der Waals surface area contributed by atoms with Gasteiger partial charge in [0.1, 0.15) is 0 Å². The second kappa shape index (κ2) is 9.27. The number of thioether (sulfide) groups is 1. The Morgan fingerprint density at radius 3 is 2.45 bits per heavy atom. The van der Waals surface area contributed by atoms with E-state index in [9.17, 15) is 9.59 Å². The first kappa shape index (κ1) is 21.0. The minimum atomic E-state index is -0.170. The van der Waals surface area contributed by atoms with Crippen LogP contribution in [0.5, 0.6) is 0 Å². The molecular formula is C25H25N3O2S. The van der Waals surface area contributed by atoms with Gasteiger partial charge in [-0.3, -0.25) is 9.69 Å². The van der Waals surface area contributed by atoms with Crippen LogP contribution in [-0.4, -0.2) is 23.7 Å². The van der Waals surface area contributed by atoms with Crippen LogP contribution in [0.2, 0.25) is 0 Å². The van der Waals surface area contributed by atoms with Gasteiger partial charge in [-0.2, -0.15) is 0 Å². The highest BCUT2D eigenvalue weighted by atomic mass is 32.2. The van der Waals surface area contributed by atoms with Gasteiger partial charge < -0.3 is 10.6 Å². The summed E-state index contributed by atoms with van der Waals surface area (Å²) in [5.74, 6) is -0.144. The van der Waals surface area contributed by atoms with Gasteiger partial charge in [-0.1, -0.05) is 48.9 Å². The van der Waals surface area contributed by atoms with Crippen molar-refractivity contribution in [2.45, 2.75) is 30.5 Å². The van der Waals surface area contributed by atoms with E-state index in [1.807, 2.05) is 55.5 Å². The zero-order valence-corrected chi connectivity index (χ0v) is 18.4. The van der Waals surface area contributed by atoms with Crippen LogP contribution >= 0.6 is 11.8 Å². The lowest BCUT2D eigenvalue weighted by atomic mass is 10.1. The molecule has 1 atom stereocenters. The highest BCUT2D eigenvalue weighted by molar-refractivity contribution is 8.00. The average molecular weight is 432 g/mol. The van der Waals surface area contributed by atoms with Crippen LogP contribution in [0.3, 0.4) is 0 Å². The standard InChI is InChI=1S/C25H25N3O2S/c1-17-7-9-19(10-8-17)15-26-24(29)20-11-13-21(14-12-20)27-25(30)28-16-18(2)31-23-6-4-3-5-22(23)28/h3-14,18H,15-16H2,1-2H3,(H,26,29)(H,27,30)/t18-/m0/s1. The Bertz CT molecular complexity index is 1080. The summed E-state index contributed by atoms with van der Waals surface area (Å²) >= 11 is 1.78. The summed E-state index contributed by atoms with van der Waals surface area (Å²) in [4.78, 5) is 28.2. The number of fused-ring (bicyclic) bond motifs is 1. The lowest BCUT2D eigenvalue weighted by molar-refractivity contribution is 0.0951. The van der Waals surface area contributed by atoms with Crippen LogP contribution < -0.4 is 15.5 Å². The van der Waals surface area contributed by atoms with E-state index < -0.39 is 0 Å². The molecule has 0 aliphatic carbocycles. The molecule has 1 aliphatic heterocycles. The van der Waals surface area contributed by atoms with E-state index in [2.05, 4.69) is 17.6 Å². The fourth-order valence-corrected chi connectivity index (χ4v) is 4.58.